The van der Waals surface area contributed by atoms with E-state index in [1.165, 1.54) is 11.1 Å². The van der Waals surface area contributed by atoms with Crippen molar-refractivity contribution in [2.24, 2.45) is 0 Å². The molecule has 1 aromatic carbocycles. The highest BCUT2D eigenvalue weighted by Crippen LogP contribution is 2.25. The van der Waals surface area contributed by atoms with Gasteiger partial charge in [0, 0.05) is 18.6 Å². The molecule has 2 N–H and O–H groups in total. The fourth-order valence-electron chi connectivity index (χ4n) is 2.19. The molecule has 0 saturated heterocycles. The van der Waals surface area contributed by atoms with Gasteiger partial charge >= 0.3 is 0 Å². The fraction of sp³-hybridized carbons (Fsp3) is 0.600. The summed E-state index contributed by atoms with van der Waals surface area (Å²) in [5.74, 6) is 0. The average molecular weight is 235 g/mol. The first-order chi connectivity index (χ1) is 8.08. The van der Waals surface area contributed by atoms with E-state index in [0.29, 0.717) is 6.61 Å². The van der Waals surface area contributed by atoms with Gasteiger partial charge in [0.1, 0.15) is 0 Å². The smallest absolute Gasteiger partial charge is 0.0431 e. The number of benzene rings is 1. The Morgan fingerprint density at radius 2 is 1.88 bits per heavy atom. The molecule has 1 aromatic rings. The van der Waals surface area contributed by atoms with Crippen molar-refractivity contribution in [2.75, 3.05) is 19.7 Å². The molecule has 0 aliphatic carbocycles. The van der Waals surface area contributed by atoms with E-state index < -0.39 is 0 Å². The molecule has 0 atom stereocenters. The number of hydrogen-bond acceptors (Lipinski definition) is 2. The third-order valence-corrected chi connectivity index (χ3v) is 3.20. The topological polar surface area (TPSA) is 32.3 Å². The summed E-state index contributed by atoms with van der Waals surface area (Å²) in [7, 11) is 0. The molecule has 0 saturated carbocycles. The first-order valence-corrected chi connectivity index (χ1v) is 6.45. The monoisotopic (exact) mass is 235 g/mol. The van der Waals surface area contributed by atoms with Crippen molar-refractivity contribution in [1.29, 1.82) is 0 Å². The lowest BCUT2D eigenvalue weighted by Gasteiger charge is -2.27. The Morgan fingerprint density at radius 1 is 1.18 bits per heavy atom. The summed E-state index contributed by atoms with van der Waals surface area (Å²) in [5, 5.41) is 12.2. The number of hydrogen-bond donors (Lipinski definition) is 2. The van der Waals surface area contributed by atoms with Crippen molar-refractivity contribution in [2.45, 2.75) is 39.0 Å². The molecular weight excluding hydrogens is 210 g/mol. The van der Waals surface area contributed by atoms with Gasteiger partial charge in [0.2, 0.25) is 0 Å². The number of aliphatic hydroxyl groups excluding tert-OH is 1. The van der Waals surface area contributed by atoms with Crippen molar-refractivity contribution in [3.8, 4) is 0 Å². The summed E-state index contributed by atoms with van der Waals surface area (Å²) in [6.07, 6.45) is 1.93. The quantitative estimate of drug-likeness (QED) is 0.712. The standard InChI is InChI=1S/C15H25NO/c1-13-8-4-5-9-14(13)15(2,3)12-16-10-6-7-11-17/h4-5,8-9,16-17H,6-7,10-12H2,1-3H3. The van der Waals surface area contributed by atoms with Gasteiger partial charge in [-0.1, -0.05) is 38.1 Å². The second-order valence-electron chi connectivity index (χ2n) is 5.31. The second-order valence-corrected chi connectivity index (χ2v) is 5.31. The van der Waals surface area contributed by atoms with E-state index in [4.69, 9.17) is 5.11 Å². The zero-order valence-electron chi connectivity index (χ0n) is 11.3. The van der Waals surface area contributed by atoms with Gasteiger partial charge in [-0.15, -0.1) is 0 Å². The summed E-state index contributed by atoms with van der Waals surface area (Å²) in [6.45, 7) is 8.97. The van der Waals surface area contributed by atoms with Crippen molar-refractivity contribution in [3.05, 3.63) is 35.4 Å². The molecule has 0 bridgehead atoms. The molecular formula is C15H25NO. The lowest BCUT2D eigenvalue weighted by atomic mass is 9.82. The number of nitrogens with one attached hydrogen (secondary N) is 1. The van der Waals surface area contributed by atoms with E-state index >= 15 is 0 Å². The average Bonchev–Trinajstić information content (AvgIpc) is 2.29. The van der Waals surface area contributed by atoms with Crippen LogP contribution in [0.4, 0.5) is 0 Å². The van der Waals surface area contributed by atoms with E-state index in [1.54, 1.807) is 0 Å². The zero-order valence-corrected chi connectivity index (χ0v) is 11.3. The number of aryl methyl sites for hydroxylation is 1. The van der Waals surface area contributed by atoms with E-state index in [0.717, 1.165) is 25.9 Å². The molecule has 2 nitrogen and oxygen atoms in total. The van der Waals surface area contributed by atoms with E-state index in [1.807, 2.05) is 0 Å². The summed E-state index contributed by atoms with van der Waals surface area (Å²) >= 11 is 0. The van der Waals surface area contributed by atoms with Gasteiger partial charge in [-0.05, 0) is 37.4 Å². The molecule has 0 aliphatic heterocycles. The number of rotatable bonds is 7. The highest BCUT2D eigenvalue weighted by molar-refractivity contribution is 5.32. The number of aliphatic hydroxyl groups is 1. The van der Waals surface area contributed by atoms with E-state index in [-0.39, 0.29) is 5.41 Å². The van der Waals surface area contributed by atoms with Gasteiger partial charge in [-0.25, -0.2) is 0 Å². The van der Waals surface area contributed by atoms with Gasteiger partial charge in [0.15, 0.2) is 0 Å². The van der Waals surface area contributed by atoms with Crippen molar-refractivity contribution < 1.29 is 5.11 Å². The van der Waals surface area contributed by atoms with Crippen LogP contribution in [0.3, 0.4) is 0 Å². The summed E-state index contributed by atoms with van der Waals surface area (Å²) < 4.78 is 0. The van der Waals surface area contributed by atoms with Crippen LogP contribution in [-0.2, 0) is 5.41 Å². The Labute approximate surface area is 105 Å². The molecule has 0 aromatic heterocycles. The maximum Gasteiger partial charge on any atom is 0.0431 e. The molecule has 2 heteroatoms. The van der Waals surface area contributed by atoms with Crippen molar-refractivity contribution >= 4 is 0 Å². The fourth-order valence-corrected chi connectivity index (χ4v) is 2.19. The van der Waals surface area contributed by atoms with Crippen LogP contribution in [0.15, 0.2) is 24.3 Å². The summed E-state index contributed by atoms with van der Waals surface area (Å²) in [4.78, 5) is 0. The molecule has 0 fully saturated rings. The summed E-state index contributed by atoms with van der Waals surface area (Å²) in [6, 6.07) is 8.58. The lowest BCUT2D eigenvalue weighted by molar-refractivity contribution is 0.283. The van der Waals surface area contributed by atoms with E-state index in [9.17, 15) is 0 Å². The predicted octanol–water partition coefficient (Wildman–Crippen LogP) is 2.63. The highest BCUT2D eigenvalue weighted by atomic mass is 16.2. The normalized spacial score (nSPS) is 11.8. The lowest BCUT2D eigenvalue weighted by Crippen LogP contribution is -2.34. The molecule has 0 unspecified atom stereocenters. The van der Waals surface area contributed by atoms with Crippen LogP contribution in [0.1, 0.15) is 37.8 Å². The van der Waals surface area contributed by atoms with Crippen LogP contribution >= 0.6 is 0 Å². The highest BCUT2D eigenvalue weighted by Gasteiger charge is 2.21. The summed E-state index contributed by atoms with van der Waals surface area (Å²) in [5.41, 5.74) is 2.93. The van der Waals surface area contributed by atoms with Crippen LogP contribution in [0.5, 0.6) is 0 Å². The molecule has 1 rings (SSSR count). The van der Waals surface area contributed by atoms with Crippen LogP contribution < -0.4 is 5.32 Å². The first kappa shape index (κ1) is 14.2. The third kappa shape index (κ3) is 4.49. The molecule has 0 amide bonds. The maximum absolute atomic E-state index is 8.71. The second kappa shape index (κ2) is 6.77. The van der Waals surface area contributed by atoms with E-state index in [2.05, 4.69) is 50.4 Å². The molecule has 0 radical (unpaired) electrons. The molecule has 17 heavy (non-hydrogen) atoms. The van der Waals surface area contributed by atoms with Crippen molar-refractivity contribution in [3.63, 3.8) is 0 Å². The molecule has 0 aliphatic rings. The minimum atomic E-state index is 0.157. The zero-order chi connectivity index (χ0) is 12.7. The van der Waals surface area contributed by atoms with Crippen LogP contribution in [0.2, 0.25) is 0 Å². The van der Waals surface area contributed by atoms with Gasteiger partial charge in [0.05, 0.1) is 0 Å². The van der Waals surface area contributed by atoms with Gasteiger partial charge in [-0.2, -0.15) is 0 Å². The largest absolute Gasteiger partial charge is 0.396 e. The molecule has 0 heterocycles. The van der Waals surface area contributed by atoms with Crippen LogP contribution in [0.25, 0.3) is 0 Å². The third-order valence-electron chi connectivity index (χ3n) is 3.20. The molecule has 0 spiro atoms. The van der Waals surface area contributed by atoms with Gasteiger partial charge < -0.3 is 10.4 Å². The Hall–Kier alpha value is -0.860. The maximum atomic E-state index is 8.71. The Kier molecular flexibility index (Phi) is 5.66. The van der Waals surface area contributed by atoms with Crippen LogP contribution in [-0.4, -0.2) is 24.8 Å². The predicted molar refractivity (Wildman–Crippen MR) is 73.4 cm³/mol. The Morgan fingerprint density at radius 3 is 2.53 bits per heavy atom. The molecule has 96 valence electrons. The number of unbranched alkanes of at least 4 members (excludes halogenated alkanes) is 1. The Balaban J connectivity index is 2.48. The minimum absolute atomic E-state index is 0.157. The van der Waals surface area contributed by atoms with Gasteiger partial charge in [0.25, 0.3) is 0 Å². The first-order valence-electron chi connectivity index (χ1n) is 6.45. The van der Waals surface area contributed by atoms with Crippen molar-refractivity contribution in [1.82, 2.24) is 5.32 Å². The van der Waals surface area contributed by atoms with Crippen LogP contribution in [0, 0.1) is 6.92 Å². The Bertz CT molecular complexity index is 333. The van der Waals surface area contributed by atoms with Gasteiger partial charge in [-0.3, -0.25) is 0 Å². The minimum Gasteiger partial charge on any atom is -0.396 e. The SMILES string of the molecule is Cc1ccccc1C(C)(C)CNCCCCO.